The normalized spacial score (nSPS) is 12.5. The van der Waals surface area contributed by atoms with Gasteiger partial charge in [0.1, 0.15) is 6.61 Å². The highest BCUT2D eigenvalue weighted by Gasteiger charge is 2.28. The summed E-state index contributed by atoms with van der Waals surface area (Å²) in [5.41, 5.74) is 0.928. The van der Waals surface area contributed by atoms with E-state index < -0.39 is 30.6 Å². The predicted molar refractivity (Wildman–Crippen MR) is 102 cm³/mol. The molecule has 0 bridgehead atoms. The van der Waals surface area contributed by atoms with Gasteiger partial charge in [0.25, 0.3) is 11.8 Å². The highest BCUT2D eigenvalue weighted by atomic mass is 35.5. The molecule has 2 aromatic rings. The van der Waals surface area contributed by atoms with Crippen molar-refractivity contribution in [1.82, 2.24) is 5.32 Å². The Morgan fingerprint density at radius 2 is 1.93 bits per heavy atom. The molecule has 5 nitrogen and oxygen atoms in total. The van der Waals surface area contributed by atoms with Crippen LogP contribution >= 0.6 is 22.9 Å². The number of rotatable bonds is 7. The second-order valence-electron chi connectivity index (χ2n) is 6.06. The molecule has 1 aromatic carbocycles. The Hall–Kier alpha value is -2.10. The zero-order chi connectivity index (χ0) is 20.9. The number of benzene rings is 1. The summed E-state index contributed by atoms with van der Waals surface area (Å²) in [6.07, 6.45) is -4.41. The fraction of sp³-hybridized carbons (Fsp3) is 0.333. The third kappa shape index (κ3) is 6.50. The molecule has 1 aromatic heterocycles. The van der Waals surface area contributed by atoms with Crippen LogP contribution in [0.5, 0.6) is 0 Å². The molecule has 0 saturated heterocycles. The van der Waals surface area contributed by atoms with E-state index in [1.165, 1.54) is 6.92 Å². The fourth-order valence-corrected chi connectivity index (χ4v) is 3.47. The van der Waals surface area contributed by atoms with Crippen LogP contribution < -0.4 is 10.6 Å². The molecule has 28 heavy (non-hydrogen) atoms. The lowest BCUT2D eigenvalue weighted by Crippen LogP contribution is -2.36. The van der Waals surface area contributed by atoms with E-state index in [9.17, 15) is 22.8 Å². The molecule has 0 fully saturated rings. The van der Waals surface area contributed by atoms with Gasteiger partial charge in [0.15, 0.2) is 0 Å². The molecule has 2 rings (SSSR count). The minimum absolute atomic E-state index is 0.272. The van der Waals surface area contributed by atoms with Crippen LogP contribution in [0.2, 0.25) is 5.02 Å². The number of halogens is 4. The van der Waals surface area contributed by atoms with Gasteiger partial charge in [-0.2, -0.15) is 13.2 Å². The Morgan fingerprint density at radius 3 is 2.57 bits per heavy atom. The molecule has 0 aliphatic heterocycles. The minimum atomic E-state index is -4.41. The molecule has 1 heterocycles. The minimum Gasteiger partial charge on any atom is -0.370 e. The van der Waals surface area contributed by atoms with Crippen LogP contribution in [0.25, 0.3) is 0 Å². The van der Waals surface area contributed by atoms with Crippen molar-refractivity contribution >= 4 is 39.8 Å². The van der Waals surface area contributed by atoms with Crippen molar-refractivity contribution in [3.63, 3.8) is 0 Å². The van der Waals surface area contributed by atoms with E-state index in [2.05, 4.69) is 15.4 Å². The maximum Gasteiger partial charge on any atom is 0.411 e. The summed E-state index contributed by atoms with van der Waals surface area (Å²) in [7, 11) is 0. The van der Waals surface area contributed by atoms with Gasteiger partial charge in [0.2, 0.25) is 0 Å². The number of carbonyl (C=O) groups is 2. The number of carbonyl (C=O) groups excluding carboxylic acids is 2. The van der Waals surface area contributed by atoms with E-state index in [1.54, 1.807) is 37.3 Å². The molecule has 2 N–H and O–H groups in total. The van der Waals surface area contributed by atoms with Gasteiger partial charge in [0.05, 0.1) is 27.1 Å². The van der Waals surface area contributed by atoms with Crippen LogP contribution in [-0.4, -0.2) is 37.2 Å². The maximum atomic E-state index is 12.3. The molecular weight excluding hydrogens is 417 g/mol. The van der Waals surface area contributed by atoms with Crippen molar-refractivity contribution in [2.24, 2.45) is 0 Å². The summed E-state index contributed by atoms with van der Waals surface area (Å²) in [6, 6.07) is 7.58. The van der Waals surface area contributed by atoms with Crippen molar-refractivity contribution in [3.05, 3.63) is 51.4 Å². The lowest BCUT2D eigenvalue weighted by molar-refractivity contribution is -0.174. The Bertz CT molecular complexity index is 855. The highest BCUT2D eigenvalue weighted by Crippen LogP contribution is 2.28. The number of aryl methyl sites for hydroxylation is 1. The molecule has 0 aliphatic rings. The molecule has 0 saturated carbocycles. The zero-order valence-electron chi connectivity index (χ0n) is 15.0. The molecule has 1 atom stereocenters. The fourth-order valence-electron chi connectivity index (χ4n) is 2.28. The SMILES string of the molecule is Cc1cc(NC(=O)c2ccccc2Cl)sc1C(=O)NC(C)COCC(F)(F)F. The maximum absolute atomic E-state index is 12.3. The van der Waals surface area contributed by atoms with Gasteiger partial charge in [-0.15, -0.1) is 11.3 Å². The van der Waals surface area contributed by atoms with Gasteiger partial charge in [0, 0.05) is 6.04 Å². The van der Waals surface area contributed by atoms with Gasteiger partial charge >= 0.3 is 6.18 Å². The number of hydrogen-bond acceptors (Lipinski definition) is 4. The summed E-state index contributed by atoms with van der Waals surface area (Å²) >= 11 is 7.05. The number of amides is 2. The first-order chi connectivity index (χ1) is 13.1. The number of anilines is 1. The van der Waals surface area contributed by atoms with E-state index >= 15 is 0 Å². The quantitative estimate of drug-likeness (QED) is 0.666. The Labute approximate surface area is 168 Å². The molecule has 0 spiro atoms. The number of thiophene rings is 1. The van der Waals surface area contributed by atoms with Crippen LogP contribution in [-0.2, 0) is 4.74 Å². The number of nitrogens with one attached hydrogen (secondary N) is 2. The van der Waals surface area contributed by atoms with Gasteiger partial charge in [-0.05, 0) is 37.6 Å². The van der Waals surface area contributed by atoms with Gasteiger partial charge in [-0.1, -0.05) is 23.7 Å². The second-order valence-corrected chi connectivity index (χ2v) is 7.52. The molecular formula is C18H18ClF3N2O3S. The van der Waals surface area contributed by atoms with Gasteiger partial charge < -0.3 is 15.4 Å². The Kier molecular flexibility index (Phi) is 7.45. The molecule has 10 heteroatoms. The second kappa shape index (κ2) is 9.40. The number of ether oxygens (including phenoxy) is 1. The largest absolute Gasteiger partial charge is 0.411 e. The first-order valence-electron chi connectivity index (χ1n) is 8.18. The van der Waals surface area contributed by atoms with Crippen molar-refractivity contribution < 1.29 is 27.5 Å². The van der Waals surface area contributed by atoms with Crippen molar-refractivity contribution in [1.29, 1.82) is 0 Å². The third-order valence-electron chi connectivity index (χ3n) is 3.49. The van der Waals surface area contributed by atoms with E-state index in [4.69, 9.17) is 11.6 Å². The predicted octanol–water partition coefficient (Wildman–Crippen LogP) is 4.66. The molecule has 152 valence electrons. The first-order valence-corrected chi connectivity index (χ1v) is 9.38. The third-order valence-corrected chi connectivity index (χ3v) is 4.97. The standard InChI is InChI=1S/C18H18ClF3N2O3S/c1-10-7-14(24-16(25)12-5-3-4-6-13(12)19)28-15(10)17(26)23-11(2)8-27-9-18(20,21)22/h3-7,11H,8-9H2,1-2H3,(H,23,26)(H,24,25). The van der Waals surface area contributed by atoms with E-state index in [1.807, 2.05) is 0 Å². The van der Waals surface area contributed by atoms with Gasteiger partial charge in [-0.3, -0.25) is 9.59 Å². The topological polar surface area (TPSA) is 67.4 Å². The van der Waals surface area contributed by atoms with Crippen molar-refractivity contribution in [2.45, 2.75) is 26.1 Å². The summed E-state index contributed by atoms with van der Waals surface area (Å²) in [4.78, 5) is 25.0. The van der Waals surface area contributed by atoms with Crippen LogP contribution in [0.3, 0.4) is 0 Å². The lowest BCUT2D eigenvalue weighted by Gasteiger charge is -2.15. The molecule has 2 amide bonds. The highest BCUT2D eigenvalue weighted by molar-refractivity contribution is 7.18. The van der Waals surface area contributed by atoms with E-state index in [0.29, 0.717) is 26.0 Å². The van der Waals surface area contributed by atoms with Crippen LogP contribution in [0.4, 0.5) is 18.2 Å². The van der Waals surface area contributed by atoms with Gasteiger partial charge in [-0.25, -0.2) is 0 Å². The number of hydrogen-bond donors (Lipinski definition) is 2. The average Bonchev–Trinajstić information content (AvgIpc) is 2.94. The van der Waals surface area contributed by atoms with Crippen LogP contribution in [0.1, 0.15) is 32.5 Å². The first kappa shape index (κ1) is 22.2. The zero-order valence-corrected chi connectivity index (χ0v) is 16.6. The van der Waals surface area contributed by atoms with Crippen LogP contribution in [0, 0.1) is 6.92 Å². The van der Waals surface area contributed by atoms with E-state index in [-0.39, 0.29) is 6.61 Å². The molecule has 1 unspecified atom stereocenters. The summed E-state index contributed by atoms with van der Waals surface area (Å²) in [5, 5.41) is 6.02. The Morgan fingerprint density at radius 1 is 1.25 bits per heavy atom. The van der Waals surface area contributed by atoms with Crippen molar-refractivity contribution in [3.8, 4) is 0 Å². The summed E-state index contributed by atoms with van der Waals surface area (Å²) in [6.45, 7) is 1.59. The smallest absolute Gasteiger partial charge is 0.370 e. The van der Waals surface area contributed by atoms with Crippen LogP contribution in [0.15, 0.2) is 30.3 Å². The average molecular weight is 435 g/mol. The summed E-state index contributed by atoms with van der Waals surface area (Å²) < 4.78 is 40.8. The lowest BCUT2D eigenvalue weighted by atomic mass is 10.2. The van der Waals surface area contributed by atoms with E-state index in [0.717, 1.165) is 11.3 Å². The number of alkyl halides is 3. The Balaban J connectivity index is 1.96. The molecule has 0 aliphatic carbocycles. The molecule has 0 radical (unpaired) electrons. The monoisotopic (exact) mass is 434 g/mol. The summed E-state index contributed by atoms with van der Waals surface area (Å²) in [5.74, 6) is -0.864. The van der Waals surface area contributed by atoms with Crippen molar-refractivity contribution in [2.75, 3.05) is 18.5 Å².